The summed E-state index contributed by atoms with van der Waals surface area (Å²) in [5.41, 5.74) is -0.690. The Hall–Kier alpha value is -2.58. The summed E-state index contributed by atoms with van der Waals surface area (Å²) in [6.07, 6.45) is 0. The van der Waals surface area contributed by atoms with Gasteiger partial charge in [-0.05, 0) is 38.1 Å². The highest BCUT2D eigenvalue weighted by Gasteiger charge is 2.27. The van der Waals surface area contributed by atoms with Gasteiger partial charge in [-0.25, -0.2) is 9.18 Å². The van der Waals surface area contributed by atoms with Gasteiger partial charge >= 0.3 is 5.97 Å². The third-order valence-corrected chi connectivity index (χ3v) is 6.32. The molecule has 34 heavy (non-hydrogen) atoms. The number of carboxylic acids is 1. The Morgan fingerprint density at radius 1 is 1.09 bits per heavy atom. The van der Waals surface area contributed by atoms with E-state index in [-0.39, 0.29) is 50.9 Å². The first-order valence-electron chi connectivity index (χ1n) is 10.2. The van der Waals surface area contributed by atoms with Gasteiger partial charge in [0.25, 0.3) is 0 Å². The lowest BCUT2D eigenvalue weighted by Crippen LogP contribution is -2.25. The number of nitrogens with zero attached hydrogens (tertiary/aromatic N) is 1. The molecular formula is C24H21Cl3FNO5. The number of pyridine rings is 1. The van der Waals surface area contributed by atoms with Crippen LogP contribution in [0.25, 0.3) is 22.4 Å². The number of hydrogen-bond donors (Lipinski definition) is 1. The maximum Gasteiger partial charge on any atom is 0.341 e. The van der Waals surface area contributed by atoms with Crippen LogP contribution < -0.4 is 10.2 Å². The van der Waals surface area contributed by atoms with Crippen LogP contribution in [0.4, 0.5) is 4.39 Å². The van der Waals surface area contributed by atoms with Crippen molar-refractivity contribution in [3.8, 4) is 28.1 Å². The summed E-state index contributed by atoms with van der Waals surface area (Å²) in [6.45, 7) is 4.11. The minimum Gasteiger partial charge on any atom is -0.490 e. The van der Waals surface area contributed by atoms with Crippen molar-refractivity contribution < 1.29 is 23.8 Å². The molecule has 0 saturated carbocycles. The van der Waals surface area contributed by atoms with Gasteiger partial charge < -0.3 is 19.1 Å². The van der Waals surface area contributed by atoms with E-state index in [4.69, 9.17) is 44.3 Å². The molecule has 1 aromatic heterocycles. The van der Waals surface area contributed by atoms with Crippen molar-refractivity contribution in [2.24, 2.45) is 0 Å². The number of carboxylic acid groups (broad SMARTS) is 1. The first-order chi connectivity index (χ1) is 16.1. The van der Waals surface area contributed by atoms with E-state index in [1.165, 1.54) is 25.3 Å². The zero-order valence-electron chi connectivity index (χ0n) is 18.5. The van der Waals surface area contributed by atoms with E-state index in [9.17, 15) is 14.7 Å². The van der Waals surface area contributed by atoms with Crippen LogP contribution in [0.1, 0.15) is 23.0 Å². The predicted octanol–water partition coefficient (Wildman–Crippen LogP) is 6.33. The van der Waals surface area contributed by atoms with Crippen molar-refractivity contribution in [3.05, 3.63) is 72.7 Å². The molecule has 0 amide bonds. The van der Waals surface area contributed by atoms with E-state index < -0.39 is 22.8 Å². The van der Waals surface area contributed by atoms with Crippen LogP contribution in [0.15, 0.2) is 35.1 Å². The molecule has 0 fully saturated rings. The van der Waals surface area contributed by atoms with Gasteiger partial charge in [0.1, 0.15) is 23.7 Å². The molecule has 0 aliphatic carbocycles. The standard InChI is InChI=1S/C24H21Cl3FNO5/c1-4-29-12(2)20(14-10-19(34-8-7-33-3)17(27)11-18(14)28)23(30)21(24(31)32)22(29)13-5-6-15(25)16(26)9-13/h5-6,9-11H,4,7-8H2,1-3H3,(H,31,32). The zero-order valence-corrected chi connectivity index (χ0v) is 20.8. The van der Waals surface area contributed by atoms with Crippen molar-refractivity contribution in [2.45, 2.75) is 20.4 Å². The topological polar surface area (TPSA) is 77.8 Å². The molecule has 0 atom stereocenters. The Bertz CT molecular complexity index is 1320. The van der Waals surface area contributed by atoms with Gasteiger partial charge in [-0.1, -0.05) is 40.9 Å². The van der Waals surface area contributed by atoms with Crippen LogP contribution in [-0.4, -0.2) is 36.0 Å². The molecule has 0 bridgehead atoms. The average Bonchev–Trinajstić information content (AvgIpc) is 2.77. The Balaban J connectivity index is 2.36. The van der Waals surface area contributed by atoms with E-state index in [0.717, 1.165) is 6.07 Å². The number of carbonyl (C=O) groups is 1. The monoisotopic (exact) mass is 527 g/mol. The molecule has 180 valence electrons. The second-order valence-electron chi connectivity index (χ2n) is 7.30. The Kier molecular flexibility index (Phi) is 8.25. The van der Waals surface area contributed by atoms with E-state index in [0.29, 0.717) is 17.8 Å². The molecule has 0 aliphatic heterocycles. The summed E-state index contributed by atoms with van der Waals surface area (Å²) in [6, 6.07) is 6.90. The van der Waals surface area contributed by atoms with Gasteiger partial charge in [-0.15, -0.1) is 0 Å². The normalized spacial score (nSPS) is 11.0. The summed E-state index contributed by atoms with van der Waals surface area (Å²) in [4.78, 5) is 25.8. The largest absolute Gasteiger partial charge is 0.490 e. The molecular weight excluding hydrogens is 508 g/mol. The number of hydrogen-bond acceptors (Lipinski definition) is 4. The SMILES string of the molecule is CCn1c(C)c(-c2cc(OCCOC)c(Cl)cc2F)c(=O)c(C(=O)O)c1-c1ccc(Cl)c(Cl)c1. The van der Waals surface area contributed by atoms with Crippen LogP contribution in [0, 0.1) is 12.7 Å². The van der Waals surface area contributed by atoms with Crippen LogP contribution >= 0.6 is 34.8 Å². The van der Waals surface area contributed by atoms with E-state index in [2.05, 4.69) is 0 Å². The summed E-state index contributed by atoms with van der Waals surface area (Å²) in [5, 5.41) is 10.5. The molecule has 10 heteroatoms. The highest BCUT2D eigenvalue weighted by atomic mass is 35.5. The predicted molar refractivity (Wildman–Crippen MR) is 131 cm³/mol. The minimum atomic E-state index is -1.46. The molecule has 0 saturated heterocycles. The van der Waals surface area contributed by atoms with Crippen molar-refractivity contribution in [2.75, 3.05) is 20.3 Å². The lowest BCUT2D eigenvalue weighted by molar-refractivity contribution is 0.0695. The number of halogens is 4. The van der Waals surface area contributed by atoms with E-state index >= 15 is 4.39 Å². The molecule has 0 spiro atoms. The molecule has 6 nitrogen and oxygen atoms in total. The van der Waals surface area contributed by atoms with Gasteiger partial charge in [0, 0.05) is 30.5 Å². The molecule has 2 aromatic carbocycles. The summed E-state index contributed by atoms with van der Waals surface area (Å²) >= 11 is 18.3. The Morgan fingerprint density at radius 3 is 2.38 bits per heavy atom. The lowest BCUT2D eigenvalue weighted by Gasteiger charge is -2.22. The first kappa shape index (κ1) is 26.0. The number of aromatic carboxylic acids is 1. The number of ether oxygens (including phenoxy) is 2. The molecule has 0 radical (unpaired) electrons. The van der Waals surface area contributed by atoms with Gasteiger partial charge in [-0.3, -0.25) is 4.79 Å². The van der Waals surface area contributed by atoms with Crippen molar-refractivity contribution >= 4 is 40.8 Å². The fourth-order valence-corrected chi connectivity index (χ4v) is 4.26. The fraction of sp³-hybridized carbons (Fsp3) is 0.250. The van der Waals surface area contributed by atoms with Gasteiger partial charge in [-0.2, -0.15) is 0 Å². The van der Waals surface area contributed by atoms with Crippen LogP contribution in [0.5, 0.6) is 5.75 Å². The molecule has 1 N–H and O–H groups in total. The van der Waals surface area contributed by atoms with Crippen LogP contribution in [-0.2, 0) is 11.3 Å². The Labute approximate surface area is 210 Å². The number of rotatable bonds is 8. The third-order valence-electron chi connectivity index (χ3n) is 5.29. The highest BCUT2D eigenvalue weighted by molar-refractivity contribution is 6.42. The fourth-order valence-electron chi connectivity index (χ4n) is 3.76. The minimum absolute atomic E-state index is 0.0108. The summed E-state index contributed by atoms with van der Waals surface area (Å²) < 4.78 is 27.2. The first-order valence-corrected chi connectivity index (χ1v) is 11.3. The molecule has 1 heterocycles. The van der Waals surface area contributed by atoms with E-state index in [1.807, 2.05) is 0 Å². The maximum atomic E-state index is 15.1. The smallest absolute Gasteiger partial charge is 0.341 e. The molecule has 0 unspecified atom stereocenters. The van der Waals surface area contributed by atoms with Crippen molar-refractivity contribution in [1.29, 1.82) is 0 Å². The highest BCUT2D eigenvalue weighted by Crippen LogP contribution is 2.36. The quantitative estimate of drug-likeness (QED) is 0.346. The van der Waals surface area contributed by atoms with Gasteiger partial charge in [0.05, 0.1) is 32.9 Å². The van der Waals surface area contributed by atoms with Gasteiger partial charge in [0.15, 0.2) is 0 Å². The number of aromatic nitrogens is 1. The van der Waals surface area contributed by atoms with Crippen molar-refractivity contribution in [1.82, 2.24) is 4.57 Å². The average molecular weight is 529 g/mol. The second-order valence-corrected chi connectivity index (χ2v) is 8.52. The van der Waals surface area contributed by atoms with E-state index in [1.54, 1.807) is 24.5 Å². The van der Waals surface area contributed by atoms with Crippen molar-refractivity contribution in [3.63, 3.8) is 0 Å². The van der Waals surface area contributed by atoms with Gasteiger partial charge in [0.2, 0.25) is 5.43 Å². The molecule has 3 aromatic rings. The maximum absolute atomic E-state index is 15.1. The zero-order chi connectivity index (χ0) is 25.2. The lowest BCUT2D eigenvalue weighted by atomic mass is 9.95. The second kappa shape index (κ2) is 10.8. The van der Waals surface area contributed by atoms with Crippen LogP contribution in [0.3, 0.4) is 0 Å². The third kappa shape index (κ3) is 4.93. The number of benzene rings is 2. The molecule has 0 aliphatic rings. The number of methoxy groups -OCH3 is 1. The van der Waals surface area contributed by atoms with Crippen LogP contribution in [0.2, 0.25) is 15.1 Å². The molecule has 3 rings (SSSR count). The summed E-state index contributed by atoms with van der Waals surface area (Å²) in [7, 11) is 1.50. The summed E-state index contributed by atoms with van der Waals surface area (Å²) in [5.74, 6) is -2.10. The Morgan fingerprint density at radius 2 is 1.79 bits per heavy atom.